The monoisotopic (exact) mass is 454 g/mol. The first kappa shape index (κ1) is 23.2. The lowest BCUT2D eigenvalue weighted by Gasteiger charge is -2.12. The second-order valence-electron chi connectivity index (χ2n) is 8.39. The van der Waals surface area contributed by atoms with E-state index in [0.29, 0.717) is 18.5 Å². The minimum Gasteiger partial charge on any atom is -0.352 e. The van der Waals surface area contributed by atoms with Gasteiger partial charge in [-0.1, -0.05) is 55.0 Å². The van der Waals surface area contributed by atoms with Crippen LogP contribution in [0, 0.1) is 6.92 Å². The fourth-order valence-corrected chi connectivity index (χ4v) is 4.03. The van der Waals surface area contributed by atoms with Crippen LogP contribution in [0.4, 0.5) is 5.69 Å². The Morgan fingerprint density at radius 2 is 1.68 bits per heavy atom. The maximum Gasteiger partial charge on any atom is 0.251 e. The number of fused-ring (bicyclic) bond motifs is 1. The molecule has 1 aromatic heterocycles. The van der Waals surface area contributed by atoms with Crippen molar-refractivity contribution < 1.29 is 9.59 Å². The van der Waals surface area contributed by atoms with Crippen molar-refractivity contribution in [1.29, 1.82) is 0 Å². The van der Waals surface area contributed by atoms with Crippen LogP contribution in [0.3, 0.4) is 0 Å². The van der Waals surface area contributed by atoms with Crippen molar-refractivity contribution in [2.75, 3.05) is 11.9 Å². The molecular weight excluding hydrogens is 424 g/mol. The minimum atomic E-state index is -0.0852. The third kappa shape index (κ3) is 5.52. The van der Waals surface area contributed by atoms with E-state index >= 15 is 0 Å². The van der Waals surface area contributed by atoms with E-state index in [-0.39, 0.29) is 18.4 Å². The lowest BCUT2D eigenvalue weighted by Crippen LogP contribution is -2.25. The Morgan fingerprint density at radius 1 is 0.941 bits per heavy atom. The number of hydrogen-bond donors (Lipinski definition) is 2. The molecule has 2 amide bonds. The zero-order chi connectivity index (χ0) is 23.9. The van der Waals surface area contributed by atoms with Gasteiger partial charge in [-0.05, 0) is 55.7 Å². The summed E-state index contributed by atoms with van der Waals surface area (Å²) in [6.07, 6.45) is 2.23. The number of para-hydroxylation sites is 3. The van der Waals surface area contributed by atoms with Crippen LogP contribution in [0.2, 0.25) is 0 Å². The molecule has 0 aliphatic carbocycles. The number of carbonyl (C=O) groups excluding carboxylic acids is 2. The molecule has 3 aromatic carbocycles. The van der Waals surface area contributed by atoms with Crippen LogP contribution in [-0.2, 0) is 24.2 Å². The van der Waals surface area contributed by atoms with Crippen molar-refractivity contribution >= 4 is 28.5 Å². The van der Waals surface area contributed by atoms with Gasteiger partial charge in [0.15, 0.2) is 0 Å². The summed E-state index contributed by atoms with van der Waals surface area (Å²) in [6.45, 7) is 4.79. The van der Waals surface area contributed by atoms with Gasteiger partial charge in [-0.3, -0.25) is 9.59 Å². The quantitative estimate of drug-likeness (QED) is 0.353. The van der Waals surface area contributed by atoms with Crippen LogP contribution in [0.1, 0.15) is 40.7 Å². The lowest BCUT2D eigenvalue weighted by atomic mass is 10.1. The van der Waals surface area contributed by atoms with Crippen molar-refractivity contribution in [2.45, 2.75) is 39.7 Å². The van der Waals surface area contributed by atoms with Gasteiger partial charge in [0.1, 0.15) is 12.4 Å². The molecule has 0 spiro atoms. The molecule has 6 nitrogen and oxygen atoms in total. The summed E-state index contributed by atoms with van der Waals surface area (Å²) >= 11 is 0. The average molecular weight is 455 g/mol. The number of benzene rings is 3. The molecule has 34 heavy (non-hydrogen) atoms. The Hall–Kier alpha value is -3.93. The zero-order valence-electron chi connectivity index (χ0n) is 19.7. The summed E-state index contributed by atoms with van der Waals surface area (Å²) in [4.78, 5) is 30.1. The fourth-order valence-electron chi connectivity index (χ4n) is 4.03. The van der Waals surface area contributed by atoms with Crippen molar-refractivity contribution in [3.63, 3.8) is 0 Å². The molecule has 0 fully saturated rings. The maximum absolute atomic E-state index is 12.9. The normalized spacial score (nSPS) is 10.9. The van der Waals surface area contributed by atoms with Crippen LogP contribution in [0.15, 0.2) is 72.8 Å². The summed E-state index contributed by atoms with van der Waals surface area (Å²) in [5, 5.41) is 6.02. The first-order valence-corrected chi connectivity index (χ1v) is 11.7. The van der Waals surface area contributed by atoms with Gasteiger partial charge in [-0.15, -0.1) is 0 Å². The smallest absolute Gasteiger partial charge is 0.251 e. The molecule has 174 valence electrons. The molecule has 0 saturated heterocycles. The number of rotatable bonds is 9. The Balaban J connectivity index is 1.42. The summed E-state index contributed by atoms with van der Waals surface area (Å²) in [6, 6.07) is 23.2. The summed E-state index contributed by atoms with van der Waals surface area (Å²) < 4.78 is 1.97. The number of hydrogen-bond acceptors (Lipinski definition) is 3. The van der Waals surface area contributed by atoms with Crippen molar-refractivity contribution in [1.82, 2.24) is 14.9 Å². The summed E-state index contributed by atoms with van der Waals surface area (Å²) in [5.41, 5.74) is 5.53. The topological polar surface area (TPSA) is 76.0 Å². The minimum absolute atomic E-state index is 0.0810. The maximum atomic E-state index is 12.9. The van der Waals surface area contributed by atoms with E-state index in [1.807, 2.05) is 84.3 Å². The SMILES string of the molecule is CCc1ccccc1NC(=O)Cn1c(CCCNC(=O)c2ccc(C)cc2)nc2ccccc21. The number of amides is 2. The number of nitrogens with one attached hydrogen (secondary N) is 2. The van der Waals surface area contributed by atoms with Gasteiger partial charge in [-0.25, -0.2) is 4.98 Å². The number of aromatic nitrogens is 2. The van der Waals surface area contributed by atoms with E-state index < -0.39 is 0 Å². The zero-order valence-corrected chi connectivity index (χ0v) is 19.7. The molecule has 1 heterocycles. The van der Waals surface area contributed by atoms with E-state index in [1.54, 1.807) is 0 Å². The van der Waals surface area contributed by atoms with E-state index in [4.69, 9.17) is 4.98 Å². The second-order valence-corrected chi connectivity index (χ2v) is 8.39. The molecule has 0 saturated carbocycles. The fraction of sp³-hybridized carbons (Fsp3) is 0.250. The van der Waals surface area contributed by atoms with Crippen LogP contribution >= 0.6 is 0 Å². The van der Waals surface area contributed by atoms with Crippen molar-refractivity contribution in [2.24, 2.45) is 0 Å². The van der Waals surface area contributed by atoms with Gasteiger partial charge in [-0.2, -0.15) is 0 Å². The Labute approximate surface area is 200 Å². The van der Waals surface area contributed by atoms with Crippen LogP contribution in [-0.4, -0.2) is 27.9 Å². The molecule has 4 aromatic rings. The molecule has 0 atom stereocenters. The predicted molar refractivity (Wildman–Crippen MR) is 136 cm³/mol. The lowest BCUT2D eigenvalue weighted by molar-refractivity contribution is -0.116. The summed E-state index contributed by atoms with van der Waals surface area (Å²) in [7, 11) is 0. The average Bonchev–Trinajstić information content (AvgIpc) is 3.19. The highest BCUT2D eigenvalue weighted by Gasteiger charge is 2.14. The molecule has 6 heteroatoms. The largest absolute Gasteiger partial charge is 0.352 e. The number of anilines is 1. The van der Waals surface area contributed by atoms with Crippen molar-refractivity contribution in [3.05, 3.63) is 95.3 Å². The molecule has 0 radical (unpaired) electrons. The third-order valence-electron chi connectivity index (χ3n) is 5.88. The van der Waals surface area contributed by atoms with Gasteiger partial charge in [0.2, 0.25) is 5.91 Å². The molecule has 4 rings (SSSR count). The van der Waals surface area contributed by atoms with Gasteiger partial charge in [0, 0.05) is 24.2 Å². The van der Waals surface area contributed by atoms with Crippen LogP contribution in [0.5, 0.6) is 0 Å². The van der Waals surface area contributed by atoms with E-state index in [2.05, 4.69) is 17.6 Å². The van der Waals surface area contributed by atoms with Crippen LogP contribution in [0.25, 0.3) is 11.0 Å². The highest BCUT2D eigenvalue weighted by molar-refractivity contribution is 5.94. The van der Waals surface area contributed by atoms with Gasteiger partial charge < -0.3 is 15.2 Å². The van der Waals surface area contributed by atoms with E-state index in [9.17, 15) is 9.59 Å². The van der Waals surface area contributed by atoms with Crippen LogP contribution < -0.4 is 10.6 Å². The van der Waals surface area contributed by atoms with Gasteiger partial charge in [0.25, 0.3) is 5.91 Å². The number of imidazole rings is 1. The van der Waals surface area contributed by atoms with E-state index in [1.165, 1.54) is 0 Å². The standard InChI is InChI=1S/C28H30N4O2/c1-3-21-9-4-5-10-23(21)31-27(33)19-32-25-12-7-6-11-24(25)30-26(32)13-8-18-29-28(34)22-16-14-20(2)15-17-22/h4-7,9-12,14-17H,3,8,13,18-19H2,1-2H3,(H,29,34)(H,31,33). The molecular formula is C28H30N4O2. The summed E-state index contributed by atoms with van der Waals surface area (Å²) in [5.74, 6) is 0.671. The second kappa shape index (κ2) is 10.8. The molecule has 0 aliphatic heterocycles. The molecule has 2 N–H and O–H groups in total. The first-order valence-electron chi connectivity index (χ1n) is 11.7. The number of carbonyl (C=O) groups is 2. The Bertz CT molecular complexity index is 1290. The molecule has 0 bridgehead atoms. The first-order chi connectivity index (χ1) is 16.5. The highest BCUT2D eigenvalue weighted by atomic mass is 16.2. The van der Waals surface area contributed by atoms with Gasteiger partial charge in [0.05, 0.1) is 11.0 Å². The van der Waals surface area contributed by atoms with Crippen molar-refractivity contribution in [3.8, 4) is 0 Å². The predicted octanol–water partition coefficient (Wildman–Crippen LogP) is 4.91. The molecule has 0 unspecified atom stereocenters. The van der Waals surface area contributed by atoms with E-state index in [0.717, 1.165) is 46.5 Å². The third-order valence-corrected chi connectivity index (χ3v) is 5.88. The number of aryl methyl sites for hydroxylation is 3. The van der Waals surface area contributed by atoms with Gasteiger partial charge >= 0.3 is 0 Å². The number of nitrogens with zero attached hydrogens (tertiary/aromatic N) is 2. The highest BCUT2D eigenvalue weighted by Crippen LogP contribution is 2.19. The Kier molecular flexibility index (Phi) is 7.38. The Morgan fingerprint density at radius 3 is 2.47 bits per heavy atom. The molecule has 0 aliphatic rings.